The van der Waals surface area contributed by atoms with Gasteiger partial charge < -0.3 is 10.6 Å². The van der Waals surface area contributed by atoms with Gasteiger partial charge in [0.15, 0.2) is 5.96 Å². The Balaban J connectivity index is 2.68. The van der Waals surface area contributed by atoms with Crippen LogP contribution in [-0.4, -0.2) is 25.8 Å². The minimum absolute atomic E-state index is 0.193. The predicted octanol–water partition coefficient (Wildman–Crippen LogP) is 2.54. The van der Waals surface area contributed by atoms with Crippen LogP contribution in [0.2, 0.25) is 0 Å². The van der Waals surface area contributed by atoms with Crippen molar-refractivity contribution in [1.29, 1.82) is 0 Å². The second kappa shape index (κ2) is 8.58. The van der Waals surface area contributed by atoms with E-state index in [2.05, 4.69) is 22.2 Å². The first kappa shape index (κ1) is 15.6. The maximum atomic E-state index is 13.2. The fourth-order valence-electron chi connectivity index (χ4n) is 1.63. The lowest BCUT2D eigenvalue weighted by atomic mass is 10.1. The molecule has 1 aromatic rings. The number of rotatable bonds is 6. The van der Waals surface area contributed by atoms with E-state index in [0.717, 1.165) is 16.9 Å². The predicted molar refractivity (Wildman–Crippen MR) is 82.0 cm³/mol. The summed E-state index contributed by atoms with van der Waals surface area (Å²) in [5.74, 6) is 1.31. The molecule has 0 aliphatic carbocycles. The lowest BCUT2D eigenvalue weighted by Gasteiger charge is -2.13. The highest BCUT2D eigenvalue weighted by atomic mass is 32.2. The summed E-state index contributed by atoms with van der Waals surface area (Å²) in [5, 5.41) is 6.29. The van der Waals surface area contributed by atoms with E-state index >= 15 is 0 Å². The van der Waals surface area contributed by atoms with Crippen molar-refractivity contribution in [3.63, 3.8) is 0 Å². The minimum Gasteiger partial charge on any atom is -0.353 e. The van der Waals surface area contributed by atoms with Gasteiger partial charge in [0.1, 0.15) is 5.82 Å². The SMILES string of the molecule is C=CCNC(=NC)NCc1ccc(F)cc1CSC. The van der Waals surface area contributed by atoms with Crippen LogP contribution in [-0.2, 0) is 12.3 Å². The zero-order chi connectivity index (χ0) is 14.1. The third kappa shape index (κ3) is 5.34. The number of hydrogen-bond acceptors (Lipinski definition) is 2. The molecule has 104 valence electrons. The molecule has 0 radical (unpaired) electrons. The van der Waals surface area contributed by atoms with Crippen LogP contribution in [0.4, 0.5) is 4.39 Å². The molecule has 0 aliphatic rings. The van der Waals surface area contributed by atoms with Crippen LogP contribution in [0, 0.1) is 5.82 Å². The standard InChI is InChI=1S/C14H20FN3S/c1-4-7-17-14(16-2)18-9-11-5-6-13(15)8-12(11)10-19-3/h4-6,8H,1,7,9-10H2,2-3H3,(H2,16,17,18). The highest BCUT2D eigenvalue weighted by molar-refractivity contribution is 7.97. The van der Waals surface area contributed by atoms with E-state index in [1.165, 1.54) is 6.07 Å². The summed E-state index contributed by atoms with van der Waals surface area (Å²) >= 11 is 1.68. The van der Waals surface area contributed by atoms with E-state index in [0.29, 0.717) is 19.0 Å². The van der Waals surface area contributed by atoms with E-state index < -0.39 is 0 Å². The molecule has 0 saturated carbocycles. The van der Waals surface area contributed by atoms with E-state index in [-0.39, 0.29) is 5.82 Å². The Morgan fingerprint density at radius 2 is 2.21 bits per heavy atom. The van der Waals surface area contributed by atoms with Gasteiger partial charge in [-0.1, -0.05) is 12.1 Å². The first-order chi connectivity index (χ1) is 9.21. The number of benzene rings is 1. The second-order valence-electron chi connectivity index (χ2n) is 3.94. The summed E-state index contributed by atoms with van der Waals surface area (Å²) in [5.41, 5.74) is 2.09. The van der Waals surface area contributed by atoms with E-state index in [1.54, 1.807) is 31.0 Å². The molecule has 0 saturated heterocycles. The fourth-order valence-corrected chi connectivity index (χ4v) is 2.20. The molecule has 0 heterocycles. The average molecular weight is 281 g/mol. The maximum absolute atomic E-state index is 13.2. The van der Waals surface area contributed by atoms with Gasteiger partial charge in [-0.2, -0.15) is 11.8 Å². The van der Waals surface area contributed by atoms with Crippen molar-refractivity contribution in [2.45, 2.75) is 12.3 Å². The second-order valence-corrected chi connectivity index (χ2v) is 4.81. The van der Waals surface area contributed by atoms with Gasteiger partial charge in [0.25, 0.3) is 0 Å². The first-order valence-corrected chi connectivity index (χ1v) is 7.42. The van der Waals surface area contributed by atoms with Crippen LogP contribution in [0.15, 0.2) is 35.8 Å². The normalized spacial score (nSPS) is 11.2. The number of thioether (sulfide) groups is 1. The molecule has 0 amide bonds. The number of hydrogen-bond donors (Lipinski definition) is 2. The molecule has 1 rings (SSSR count). The van der Waals surface area contributed by atoms with Crippen LogP contribution < -0.4 is 10.6 Å². The molecular weight excluding hydrogens is 261 g/mol. The Bertz CT molecular complexity index is 446. The van der Waals surface area contributed by atoms with Crippen LogP contribution >= 0.6 is 11.8 Å². The third-order valence-corrected chi connectivity index (χ3v) is 3.15. The highest BCUT2D eigenvalue weighted by Crippen LogP contribution is 2.16. The Kier molecular flexibility index (Phi) is 7.03. The summed E-state index contributed by atoms with van der Waals surface area (Å²) in [7, 11) is 1.71. The quantitative estimate of drug-likeness (QED) is 0.478. The van der Waals surface area contributed by atoms with Crippen molar-refractivity contribution in [3.8, 4) is 0 Å². The molecular formula is C14H20FN3S. The summed E-state index contributed by atoms with van der Waals surface area (Å²) < 4.78 is 13.2. The zero-order valence-corrected chi connectivity index (χ0v) is 12.2. The monoisotopic (exact) mass is 281 g/mol. The molecule has 0 aromatic heterocycles. The molecule has 0 aliphatic heterocycles. The number of guanidine groups is 1. The van der Waals surface area contributed by atoms with Gasteiger partial charge in [-0.3, -0.25) is 4.99 Å². The van der Waals surface area contributed by atoms with Crippen molar-refractivity contribution >= 4 is 17.7 Å². The average Bonchev–Trinajstić information content (AvgIpc) is 2.41. The third-order valence-electron chi connectivity index (χ3n) is 2.55. The minimum atomic E-state index is -0.193. The van der Waals surface area contributed by atoms with Crippen molar-refractivity contribution in [2.24, 2.45) is 4.99 Å². The molecule has 3 nitrogen and oxygen atoms in total. The molecule has 2 N–H and O–H groups in total. The molecule has 0 atom stereocenters. The van der Waals surface area contributed by atoms with Gasteiger partial charge in [0, 0.05) is 25.9 Å². The van der Waals surface area contributed by atoms with Gasteiger partial charge in [0.2, 0.25) is 0 Å². The molecule has 0 unspecified atom stereocenters. The van der Waals surface area contributed by atoms with Crippen molar-refractivity contribution in [2.75, 3.05) is 19.8 Å². The van der Waals surface area contributed by atoms with Crippen molar-refractivity contribution in [1.82, 2.24) is 10.6 Å². The van der Waals surface area contributed by atoms with Crippen molar-refractivity contribution < 1.29 is 4.39 Å². The topological polar surface area (TPSA) is 36.4 Å². The van der Waals surface area contributed by atoms with Crippen LogP contribution in [0.25, 0.3) is 0 Å². The van der Waals surface area contributed by atoms with Gasteiger partial charge in [-0.15, -0.1) is 6.58 Å². The molecule has 0 bridgehead atoms. The Morgan fingerprint density at radius 3 is 2.84 bits per heavy atom. The summed E-state index contributed by atoms with van der Waals surface area (Å²) in [6, 6.07) is 4.89. The number of nitrogens with one attached hydrogen (secondary N) is 2. The smallest absolute Gasteiger partial charge is 0.191 e. The molecule has 0 spiro atoms. The molecule has 5 heteroatoms. The Labute approximate surface area is 118 Å². The maximum Gasteiger partial charge on any atom is 0.191 e. The largest absolute Gasteiger partial charge is 0.353 e. The lowest BCUT2D eigenvalue weighted by molar-refractivity contribution is 0.625. The van der Waals surface area contributed by atoms with Gasteiger partial charge in [-0.25, -0.2) is 4.39 Å². The summed E-state index contributed by atoms with van der Waals surface area (Å²) in [4.78, 5) is 4.10. The van der Waals surface area contributed by atoms with Crippen LogP contribution in [0.3, 0.4) is 0 Å². The fraction of sp³-hybridized carbons (Fsp3) is 0.357. The van der Waals surface area contributed by atoms with Gasteiger partial charge >= 0.3 is 0 Å². The van der Waals surface area contributed by atoms with Gasteiger partial charge in [-0.05, 0) is 29.5 Å². The lowest BCUT2D eigenvalue weighted by Crippen LogP contribution is -2.36. The van der Waals surface area contributed by atoms with Gasteiger partial charge in [0.05, 0.1) is 0 Å². The van der Waals surface area contributed by atoms with Crippen LogP contribution in [0.1, 0.15) is 11.1 Å². The molecule has 19 heavy (non-hydrogen) atoms. The molecule has 1 aromatic carbocycles. The van der Waals surface area contributed by atoms with E-state index in [1.807, 2.05) is 12.3 Å². The van der Waals surface area contributed by atoms with Crippen molar-refractivity contribution in [3.05, 3.63) is 47.8 Å². The van der Waals surface area contributed by atoms with E-state index in [4.69, 9.17) is 0 Å². The highest BCUT2D eigenvalue weighted by Gasteiger charge is 2.05. The van der Waals surface area contributed by atoms with E-state index in [9.17, 15) is 4.39 Å². The number of nitrogens with zero attached hydrogens (tertiary/aromatic N) is 1. The zero-order valence-electron chi connectivity index (χ0n) is 11.4. The Morgan fingerprint density at radius 1 is 1.42 bits per heavy atom. The van der Waals surface area contributed by atoms with Crippen LogP contribution in [0.5, 0.6) is 0 Å². The number of aliphatic imine (C=N–C) groups is 1. The first-order valence-electron chi connectivity index (χ1n) is 6.03. The summed E-state index contributed by atoms with van der Waals surface area (Å²) in [6.45, 7) is 4.92. The Hall–Kier alpha value is -1.49. The number of halogens is 1. The summed E-state index contributed by atoms with van der Waals surface area (Å²) in [6.07, 6.45) is 3.77. The molecule has 0 fully saturated rings.